The first-order valence-electron chi connectivity index (χ1n) is 8.05. The van der Waals surface area contributed by atoms with E-state index in [1.54, 1.807) is 0 Å². The van der Waals surface area contributed by atoms with Gasteiger partial charge < -0.3 is 26.6 Å². The highest BCUT2D eigenvalue weighted by molar-refractivity contribution is 6.91. The minimum Gasteiger partial charge on any atom is -0.371 e. The van der Waals surface area contributed by atoms with Crippen molar-refractivity contribution >= 4 is 17.6 Å². The van der Waals surface area contributed by atoms with Crippen LogP contribution in [0.25, 0.3) is 0 Å². The SMILES string of the molecule is C=C([Si](OCC)(OCC)OCC)[Si](OCC)(OCC)OCC. The van der Waals surface area contributed by atoms with Gasteiger partial charge >= 0.3 is 17.6 Å². The molecule has 0 aromatic rings. The highest BCUT2D eigenvalue weighted by atomic mass is 28.5. The molecule has 6 nitrogen and oxygen atoms in total. The van der Waals surface area contributed by atoms with Crippen LogP contribution in [-0.4, -0.2) is 57.3 Å². The highest BCUT2D eigenvalue weighted by Gasteiger charge is 2.60. The van der Waals surface area contributed by atoms with E-state index in [-0.39, 0.29) is 0 Å². The molecule has 0 aliphatic rings. The Bertz CT molecular complexity index is 252. The third-order valence-electron chi connectivity index (χ3n) is 2.75. The van der Waals surface area contributed by atoms with Crippen molar-refractivity contribution in [2.45, 2.75) is 41.5 Å². The molecule has 0 aliphatic heterocycles. The predicted octanol–water partition coefficient (Wildman–Crippen LogP) is 2.72. The standard InChI is InChI=1S/C14H32O6Si2/c1-8-15-21(16-9-2,17-10-3)14(7)22(18-11-4,19-12-5)20-13-6/h7-13H2,1-6H3. The molecule has 0 bridgehead atoms. The average molecular weight is 353 g/mol. The lowest BCUT2D eigenvalue weighted by Crippen LogP contribution is -2.61. The third-order valence-corrected chi connectivity index (χ3v) is 10.1. The van der Waals surface area contributed by atoms with Crippen molar-refractivity contribution in [2.75, 3.05) is 39.6 Å². The molecule has 0 amide bonds. The number of hydrogen-bond acceptors (Lipinski definition) is 6. The summed E-state index contributed by atoms with van der Waals surface area (Å²) in [7, 11) is -6.31. The lowest BCUT2D eigenvalue weighted by Gasteiger charge is -2.37. The van der Waals surface area contributed by atoms with E-state index in [4.69, 9.17) is 26.6 Å². The molecular weight excluding hydrogens is 320 g/mol. The van der Waals surface area contributed by atoms with Crippen LogP contribution < -0.4 is 0 Å². The molecule has 0 rings (SSSR count). The Morgan fingerprint density at radius 3 is 0.864 bits per heavy atom. The minimum absolute atomic E-state index is 0.458. The van der Waals surface area contributed by atoms with Gasteiger partial charge in [0, 0.05) is 39.6 Å². The van der Waals surface area contributed by atoms with Gasteiger partial charge in [0.05, 0.1) is 4.82 Å². The second-order valence-electron chi connectivity index (χ2n) is 4.19. The summed E-state index contributed by atoms with van der Waals surface area (Å²) in [6.45, 7) is 18.3. The Morgan fingerprint density at radius 2 is 0.727 bits per heavy atom. The van der Waals surface area contributed by atoms with Crippen LogP contribution in [0.2, 0.25) is 0 Å². The number of hydrogen-bond donors (Lipinski definition) is 0. The molecule has 0 spiro atoms. The molecule has 22 heavy (non-hydrogen) atoms. The Morgan fingerprint density at radius 1 is 0.545 bits per heavy atom. The second-order valence-corrected chi connectivity index (χ2v) is 9.85. The summed E-state index contributed by atoms with van der Waals surface area (Å²) in [5.41, 5.74) is 0. The smallest absolute Gasteiger partial charge is 0.371 e. The van der Waals surface area contributed by atoms with Crippen LogP contribution in [0.1, 0.15) is 41.5 Å². The van der Waals surface area contributed by atoms with E-state index >= 15 is 0 Å². The maximum Gasteiger partial charge on any atom is 0.535 e. The first-order chi connectivity index (χ1) is 10.5. The van der Waals surface area contributed by atoms with Gasteiger partial charge in [-0.1, -0.05) is 6.58 Å². The molecule has 0 aromatic heterocycles. The van der Waals surface area contributed by atoms with Gasteiger partial charge in [-0.3, -0.25) is 0 Å². The van der Waals surface area contributed by atoms with Crippen molar-refractivity contribution in [1.29, 1.82) is 0 Å². The molecule has 0 heterocycles. The Kier molecular flexibility index (Phi) is 11.4. The van der Waals surface area contributed by atoms with E-state index in [1.807, 2.05) is 41.5 Å². The summed E-state index contributed by atoms with van der Waals surface area (Å²) in [6.07, 6.45) is 0. The molecule has 0 aliphatic carbocycles. The molecule has 0 radical (unpaired) electrons. The fraction of sp³-hybridized carbons (Fsp3) is 0.857. The Balaban J connectivity index is 5.73. The van der Waals surface area contributed by atoms with Crippen molar-refractivity contribution in [3.8, 4) is 0 Å². The van der Waals surface area contributed by atoms with Gasteiger partial charge in [0.25, 0.3) is 0 Å². The van der Waals surface area contributed by atoms with Crippen LogP contribution in [0.15, 0.2) is 11.4 Å². The lowest BCUT2D eigenvalue weighted by atomic mass is 10.9. The maximum atomic E-state index is 5.91. The molecule has 0 saturated carbocycles. The summed E-state index contributed by atoms with van der Waals surface area (Å²) in [5, 5.41) is 0. The van der Waals surface area contributed by atoms with Crippen molar-refractivity contribution < 1.29 is 26.6 Å². The molecule has 0 saturated heterocycles. The van der Waals surface area contributed by atoms with E-state index in [9.17, 15) is 0 Å². The lowest BCUT2D eigenvalue weighted by molar-refractivity contribution is 0.0605. The van der Waals surface area contributed by atoms with Crippen LogP contribution in [0.3, 0.4) is 0 Å². The van der Waals surface area contributed by atoms with Crippen LogP contribution in [0.5, 0.6) is 0 Å². The zero-order valence-electron chi connectivity index (χ0n) is 14.9. The molecule has 0 unspecified atom stereocenters. The predicted molar refractivity (Wildman–Crippen MR) is 90.4 cm³/mol. The Hall–Kier alpha value is -0.0662. The zero-order chi connectivity index (χ0) is 17.1. The summed E-state index contributed by atoms with van der Waals surface area (Å²) in [5.74, 6) is 0. The largest absolute Gasteiger partial charge is 0.535 e. The van der Waals surface area contributed by atoms with Crippen LogP contribution in [-0.2, 0) is 26.6 Å². The first-order valence-corrected chi connectivity index (χ1v) is 11.5. The molecule has 0 fully saturated rings. The van der Waals surface area contributed by atoms with Crippen LogP contribution in [0, 0.1) is 0 Å². The Labute approximate surface area is 137 Å². The van der Waals surface area contributed by atoms with Gasteiger partial charge in [-0.25, -0.2) is 0 Å². The van der Waals surface area contributed by atoms with Gasteiger partial charge in [-0.2, -0.15) is 0 Å². The summed E-state index contributed by atoms with van der Waals surface area (Å²) in [6, 6.07) is 0. The van der Waals surface area contributed by atoms with E-state index in [2.05, 4.69) is 6.58 Å². The molecule has 0 N–H and O–H groups in total. The fourth-order valence-electron chi connectivity index (χ4n) is 2.10. The maximum absolute atomic E-state index is 5.91. The highest BCUT2D eigenvalue weighted by Crippen LogP contribution is 2.30. The normalized spacial score (nSPS) is 12.6. The van der Waals surface area contributed by atoms with Gasteiger partial charge in [0.15, 0.2) is 0 Å². The first kappa shape index (κ1) is 21.9. The van der Waals surface area contributed by atoms with Gasteiger partial charge in [0.1, 0.15) is 0 Å². The van der Waals surface area contributed by atoms with E-state index in [0.717, 1.165) is 0 Å². The van der Waals surface area contributed by atoms with Crippen molar-refractivity contribution in [2.24, 2.45) is 0 Å². The monoisotopic (exact) mass is 352 g/mol. The van der Waals surface area contributed by atoms with Crippen molar-refractivity contribution in [3.05, 3.63) is 11.4 Å². The molecule has 8 heteroatoms. The summed E-state index contributed by atoms with van der Waals surface area (Å²) in [4.78, 5) is 0.580. The van der Waals surface area contributed by atoms with Gasteiger partial charge in [-0.15, -0.1) is 0 Å². The van der Waals surface area contributed by atoms with Crippen LogP contribution in [0.4, 0.5) is 0 Å². The van der Waals surface area contributed by atoms with Gasteiger partial charge in [-0.05, 0) is 41.5 Å². The molecule has 132 valence electrons. The average Bonchev–Trinajstić information content (AvgIpc) is 2.48. The fourth-order valence-corrected chi connectivity index (χ4v) is 8.72. The topological polar surface area (TPSA) is 55.4 Å². The quantitative estimate of drug-likeness (QED) is 0.448. The van der Waals surface area contributed by atoms with Crippen molar-refractivity contribution in [1.82, 2.24) is 0 Å². The van der Waals surface area contributed by atoms with E-state index in [1.165, 1.54) is 0 Å². The summed E-state index contributed by atoms with van der Waals surface area (Å²) < 4.78 is 35.4. The molecular formula is C14H32O6Si2. The van der Waals surface area contributed by atoms with E-state index < -0.39 is 17.6 Å². The van der Waals surface area contributed by atoms with Gasteiger partial charge in [0.2, 0.25) is 0 Å². The molecule has 0 atom stereocenters. The minimum atomic E-state index is -3.15. The van der Waals surface area contributed by atoms with E-state index in [0.29, 0.717) is 44.5 Å². The third kappa shape index (κ3) is 5.53. The van der Waals surface area contributed by atoms with Crippen LogP contribution >= 0.6 is 0 Å². The zero-order valence-corrected chi connectivity index (χ0v) is 16.9. The van der Waals surface area contributed by atoms with Crippen molar-refractivity contribution in [3.63, 3.8) is 0 Å². The number of rotatable bonds is 14. The second kappa shape index (κ2) is 11.5. The summed E-state index contributed by atoms with van der Waals surface area (Å²) >= 11 is 0. The molecule has 0 aromatic carbocycles.